The van der Waals surface area contributed by atoms with Gasteiger partial charge in [-0.15, -0.1) is 10.2 Å². The lowest BCUT2D eigenvalue weighted by atomic mass is 10.2. The van der Waals surface area contributed by atoms with E-state index in [1.54, 1.807) is 7.11 Å². The highest BCUT2D eigenvalue weighted by atomic mass is 32.1. The highest BCUT2D eigenvalue weighted by Gasteiger charge is 2.22. The fourth-order valence-corrected chi connectivity index (χ4v) is 3.23. The first-order valence-electron chi connectivity index (χ1n) is 8.05. The second kappa shape index (κ2) is 8.16. The third kappa shape index (κ3) is 4.12. The van der Waals surface area contributed by atoms with Gasteiger partial charge < -0.3 is 4.74 Å². The summed E-state index contributed by atoms with van der Waals surface area (Å²) >= 11 is 1.33. The van der Waals surface area contributed by atoms with Crippen LogP contribution in [0.1, 0.15) is 15.9 Å². The van der Waals surface area contributed by atoms with E-state index < -0.39 is 0 Å². The van der Waals surface area contributed by atoms with Gasteiger partial charge >= 0.3 is 0 Å². The van der Waals surface area contributed by atoms with E-state index in [9.17, 15) is 9.18 Å². The molecule has 0 saturated carbocycles. The molecule has 0 bridgehead atoms. The number of aryl methyl sites for hydroxylation is 1. The van der Waals surface area contributed by atoms with Crippen molar-refractivity contribution in [3.8, 4) is 10.6 Å². The number of ether oxygens (including phenoxy) is 1. The van der Waals surface area contributed by atoms with Crippen molar-refractivity contribution >= 4 is 22.4 Å². The Morgan fingerprint density at radius 3 is 2.46 bits per heavy atom. The predicted molar refractivity (Wildman–Crippen MR) is 100 cm³/mol. The lowest BCUT2D eigenvalue weighted by Gasteiger charge is -2.18. The zero-order valence-corrected chi connectivity index (χ0v) is 15.3. The van der Waals surface area contributed by atoms with Gasteiger partial charge in [0.2, 0.25) is 5.13 Å². The number of carbonyl (C=O) groups is 1. The topological polar surface area (TPSA) is 55.3 Å². The van der Waals surface area contributed by atoms with Gasteiger partial charge in [0.1, 0.15) is 10.8 Å². The molecule has 0 aliphatic rings. The molecule has 1 heterocycles. The number of amides is 1. The Kier molecular flexibility index (Phi) is 5.70. The maximum atomic E-state index is 13.1. The Morgan fingerprint density at radius 1 is 1.12 bits per heavy atom. The van der Waals surface area contributed by atoms with Crippen LogP contribution >= 0.6 is 11.3 Å². The second-order valence-corrected chi connectivity index (χ2v) is 6.67. The van der Waals surface area contributed by atoms with E-state index in [1.807, 2.05) is 31.2 Å². The van der Waals surface area contributed by atoms with Crippen molar-refractivity contribution < 1.29 is 13.9 Å². The Balaban J connectivity index is 1.89. The van der Waals surface area contributed by atoms with Gasteiger partial charge in [0, 0.05) is 18.2 Å². The third-order valence-corrected chi connectivity index (χ3v) is 4.79. The Bertz CT molecular complexity index is 879. The lowest BCUT2D eigenvalue weighted by molar-refractivity contribution is 0.0975. The zero-order valence-electron chi connectivity index (χ0n) is 14.5. The van der Waals surface area contributed by atoms with Crippen molar-refractivity contribution in [1.82, 2.24) is 10.2 Å². The molecule has 0 aliphatic heterocycles. The average Bonchev–Trinajstić information content (AvgIpc) is 3.13. The van der Waals surface area contributed by atoms with E-state index in [2.05, 4.69) is 10.2 Å². The molecule has 134 valence electrons. The van der Waals surface area contributed by atoms with E-state index in [0.29, 0.717) is 23.8 Å². The number of aromatic nitrogens is 2. The number of anilines is 1. The first-order valence-corrected chi connectivity index (χ1v) is 8.87. The molecule has 7 heteroatoms. The summed E-state index contributed by atoms with van der Waals surface area (Å²) in [7, 11) is 1.57. The van der Waals surface area contributed by atoms with Crippen molar-refractivity contribution in [3.05, 3.63) is 65.5 Å². The standard InChI is InChI=1S/C19H18FN3O2S/c1-13-3-5-14(6-4-13)17-21-22-19(26-17)23(11-12-25-2)18(24)15-7-9-16(20)10-8-15/h3-10H,11-12H2,1-2H3. The molecule has 2 aromatic carbocycles. The summed E-state index contributed by atoms with van der Waals surface area (Å²) in [6, 6.07) is 13.4. The van der Waals surface area contributed by atoms with E-state index in [4.69, 9.17) is 4.74 Å². The zero-order chi connectivity index (χ0) is 18.5. The average molecular weight is 371 g/mol. The maximum absolute atomic E-state index is 13.1. The number of hydrogen-bond donors (Lipinski definition) is 0. The molecular formula is C19H18FN3O2S. The minimum atomic E-state index is -0.387. The second-order valence-electron chi connectivity index (χ2n) is 5.71. The first kappa shape index (κ1) is 18.2. The number of rotatable bonds is 6. The van der Waals surface area contributed by atoms with E-state index in [0.717, 1.165) is 16.1 Å². The summed E-state index contributed by atoms with van der Waals surface area (Å²) in [5.74, 6) is -0.656. The SMILES string of the molecule is COCCN(C(=O)c1ccc(F)cc1)c1nnc(-c2ccc(C)cc2)s1. The quantitative estimate of drug-likeness (QED) is 0.658. The molecule has 1 aromatic heterocycles. The summed E-state index contributed by atoms with van der Waals surface area (Å²) in [5.41, 5.74) is 2.49. The number of methoxy groups -OCH3 is 1. The molecule has 5 nitrogen and oxygen atoms in total. The van der Waals surface area contributed by atoms with Crippen molar-refractivity contribution in [2.45, 2.75) is 6.92 Å². The number of halogens is 1. The van der Waals surface area contributed by atoms with Crippen LogP contribution in [0.25, 0.3) is 10.6 Å². The molecule has 0 saturated heterocycles. The molecular weight excluding hydrogens is 353 g/mol. The van der Waals surface area contributed by atoms with Gasteiger partial charge in [-0.1, -0.05) is 41.2 Å². The molecule has 0 unspecified atom stereocenters. The normalized spacial score (nSPS) is 10.7. The molecule has 26 heavy (non-hydrogen) atoms. The molecule has 0 aliphatic carbocycles. The van der Waals surface area contributed by atoms with Crippen LogP contribution < -0.4 is 4.90 Å². The monoisotopic (exact) mass is 371 g/mol. The van der Waals surface area contributed by atoms with Crippen LogP contribution in [0.3, 0.4) is 0 Å². The van der Waals surface area contributed by atoms with Gasteiger partial charge in [-0.05, 0) is 31.2 Å². The van der Waals surface area contributed by atoms with Gasteiger partial charge in [-0.2, -0.15) is 0 Å². The summed E-state index contributed by atoms with van der Waals surface area (Å²) in [6.45, 7) is 2.70. The summed E-state index contributed by atoms with van der Waals surface area (Å²) < 4.78 is 18.2. The fourth-order valence-electron chi connectivity index (χ4n) is 2.35. The summed E-state index contributed by atoms with van der Waals surface area (Å²) in [6.07, 6.45) is 0. The summed E-state index contributed by atoms with van der Waals surface area (Å²) in [4.78, 5) is 14.3. The van der Waals surface area contributed by atoms with Gasteiger partial charge in [0.05, 0.1) is 13.2 Å². The Labute approximate surface area is 155 Å². The van der Waals surface area contributed by atoms with Crippen molar-refractivity contribution in [2.24, 2.45) is 0 Å². The molecule has 0 N–H and O–H groups in total. The van der Waals surface area contributed by atoms with Crippen LogP contribution in [0.4, 0.5) is 9.52 Å². The number of benzene rings is 2. The largest absolute Gasteiger partial charge is 0.383 e. The highest BCUT2D eigenvalue weighted by Crippen LogP contribution is 2.29. The molecule has 0 radical (unpaired) electrons. The van der Waals surface area contributed by atoms with Crippen LogP contribution in [0.5, 0.6) is 0 Å². The van der Waals surface area contributed by atoms with Crippen molar-refractivity contribution in [3.63, 3.8) is 0 Å². The van der Waals surface area contributed by atoms with Crippen molar-refractivity contribution in [1.29, 1.82) is 0 Å². The van der Waals surface area contributed by atoms with Gasteiger partial charge in [0.25, 0.3) is 5.91 Å². The van der Waals surface area contributed by atoms with Gasteiger partial charge in [-0.25, -0.2) is 4.39 Å². The minimum absolute atomic E-state index is 0.270. The van der Waals surface area contributed by atoms with Crippen LogP contribution in [-0.4, -0.2) is 36.4 Å². The lowest BCUT2D eigenvalue weighted by Crippen LogP contribution is -2.33. The minimum Gasteiger partial charge on any atom is -0.383 e. The summed E-state index contributed by atoms with van der Waals surface area (Å²) in [5, 5.41) is 9.59. The molecule has 0 fully saturated rings. The first-order chi connectivity index (χ1) is 12.6. The van der Waals surface area contributed by atoms with Gasteiger partial charge in [0.15, 0.2) is 0 Å². The fraction of sp³-hybridized carbons (Fsp3) is 0.211. The number of carbonyl (C=O) groups excluding carboxylic acids is 1. The molecule has 3 rings (SSSR count). The smallest absolute Gasteiger partial charge is 0.260 e. The van der Waals surface area contributed by atoms with E-state index in [1.165, 1.54) is 40.5 Å². The van der Waals surface area contributed by atoms with Crippen LogP contribution in [0, 0.1) is 12.7 Å². The third-order valence-electron chi connectivity index (χ3n) is 3.80. The predicted octanol–water partition coefficient (Wildman–Crippen LogP) is 3.95. The van der Waals surface area contributed by atoms with Crippen LogP contribution in [0.15, 0.2) is 48.5 Å². The molecule has 3 aromatic rings. The molecule has 0 spiro atoms. The number of hydrogen-bond acceptors (Lipinski definition) is 5. The molecule has 0 atom stereocenters. The van der Waals surface area contributed by atoms with Crippen molar-refractivity contribution in [2.75, 3.05) is 25.2 Å². The van der Waals surface area contributed by atoms with Crippen LogP contribution in [-0.2, 0) is 4.74 Å². The molecule has 1 amide bonds. The van der Waals surface area contributed by atoms with Gasteiger partial charge in [-0.3, -0.25) is 9.69 Å². The number of nitrogens with zero attached hydrogens (tertiary/aromatic N) is 3. The van der Waals surface area contributed by atoms with E-state index in [-0.39, 0.29) is 11.7 Å². The van der Waals surface area contributed by atoms with Crippen LogP contribution in [0.2, 0.25) is 0 Å². The Morgan fingerprint density at radius 2 is 1.81 bits per heavy atom. The maximum Gasteiger partial charge on any atom is 0.260 e. The Hall–Kier alpha value is -2.64. The highest BCUT2D eigenvalue weighted by molar-refractivity contribution is 7.18. The van der Waals surface area contributed by atoms with E-state index >= 15 is 0 Å².